The minimum absolute atomic E-state index is 0.00185. The summed E-state index contributed by atoms with van der Waals surface area (Å²) in [7, 11) is 3.02. The largest absolute Gasteiger partial charge is 0.493 e. The zero-order chi connectivity index (χ0) is 21.0. The molecule has 156 valence electrons. The summed E-state index contributed by atoms with van der Waals surface area (Å²) in [6.45, 7) is 4.32. The first kappa shape index (κ1) is 17.9. The quantitative estimate of drug-likeness (QED) is 0.815. The number of benzene rings is 2. The van der Waals surface area contributed by atoms with E-state index < -0.39 is 17.5 Å². The summed E-state index contributed by atoms with van der Waals surface area (Å²) < 4.78 is 28.9. The SMILES string of the molecule is COc1cc2c(cc1OC)[C@]1(O)C(=O)c3ccc4c(c3O[C@@H]1CO2)C1C(O4)C1(C)C. The van der Waals surface area contributed by atoms with E-state index in [4.69, 9.17) is 23.7 Å². The second-order valence-corrected chi connectivity index (χ2v) is 8.91. The fraction of sp³-hybridized carbons (Fsp3) is 0.435. The molecule has 7 heteroatoms. The van der Waals surface area contributed by atoms with Gasteiger partial charge < -0.3 is 28.8 Å². The van der Waals surface area contributed by atoms with Gasteiger partial charge in [0.15, 0.2) is 23.2 Å². The third-order valence-electron chi connectivity index (χ3n) is 7.05. The fourth-order valence-corrected chi connectivity index (χ4v) is 5.23. The van der Waals surface area contributed by atoms with Crippen molar-refractivity contribution in [2.75, 3.05) is 20.8 Å². The van der Waals surface area contributed by atoms with Crippen LogP contribution >= 0.6 is 0 Å². The zero-order valence-electron chi connectivity index (χ0n) is 17.1. The van der Waals surface area contributed by atoms with Gasteiger partial charge in [-0.3, -0.25) is 4.79 Å². The van der Waals surface area contributed by atoms with Gasteiger partial charge in [-0.25, -0.2) is 0 Å². The number of hydrogen-bond acceptors (Lipinski definition) is 7. The van der Waals surface area contributed by atoms with Gasteiger partial charge >= 0.3 is 0 Å². The van der Waals surface area contributed by atoms with Gasteiger partial charge in [-0.15, -0.1) is 0 Å². The van der Waals surface area contributed by atoms with Gasteiger partial charge in [0.2, 0.25) is 5.78 Å². The Kier molecular flexibility index (Phi) is 3.22. The number of ketones is 1. The third-order valence-corrected chi connectivity index (χ3v) is 7.05. The maximum absolute atomic E-state index is 13.7. The van der Waals surface area contributed by atoms with E-state index in [0.29, 0.717) is 34.1 Å². The lowest BCUT2D eigenvalue weighted by atomic mass is 9.76. The molecule has 3 aliphatic heterocycles. The highest BCUT2D eigenvalue weighted by Gasteiger charge is 2.67. The van der Waals surface area contributed by atoms with E-state index in [0.717, 1.165) is 11.3 Å². The Bertz CT molecular complexity index is 1120. The maximum Gasteiger partial charge on any atom is 0.206 e. The van der Waals surface area contributed by atoms with Crippen LogP contribution in [0.15, 0.2) is 24.3 Å². The highest BCUT2D eigenvalue weighted by molar-refractivity contribution is 6.08. The third kappa shape index (κ3) is 1.92. The Morgan fingerprint density at radius 3 is 2.53 bits per heavy atom. The van der Waals surface area contributed by atoms with Crippen LogP contribution in [0.2, 0.25) is 0 Å². The lowest BCUT2D eigenvalue weighted by Crippen LogP contribution is -2.57. The van der Waals surface area contributed by atoms with Crippen molar-refractivity contribution in [3.8, 4) is 28.7 Å². The Balaban J connectivity index is 1.51. The number of rotatable bonds is 2. The number of fused-ring (bicyclic) bond motifs is 8. The van der Waals surface area contributed by atoms with Crippen LogP contribution in [0.3, 0.4) is 0 Å². The van der Waals surface area contributed by atoms with E-state index >= 15 is 0 Å². The number of methoxy groups -OCH3 is 2. The van der Waals surface area contributed by atoms with Gasteiger partial charge in [0.25, 0.3) is 0 Å². The minimum atomic E-state index is -1.88. The zero-order valence-corrected chi connectivity index (χ0v) is 17.1. The second-order valence-electron chi connectivity index (χ2n) is 8.91. The molecule has 30 heavy (non-hydrogen) atoms. The van der Waals surface area contributed by atoms with E-state index in [1.165, 1.54) is 14.2 Å². The standard InChI is InChI=1S/C23H22O7/c1-22(2)18-17-12(29-21(18)22)6-5-10-19(17)30-16-9-28-13-8-15(27-4)14(26-3)7-11(13)23(16,25)20(10)24/h5-8,16,18,21,25H,9H2,1-4H3/t16-,18?,21?,23-/m1/s1. The van der Waals surface area contributed by atoms with Crippen LogP contribution in [0.5, 0.6) is 28.7 Å². The van der Waals surface area contributed by atoms with Crippen molar-refractivity contribution in [3.05, 3.63) is 41.0 Å². The normalized spacial score (nSPS) is 31.0. The molecule has 1 fully saturated rings. The highest BCUT2D eigenvalue weighted by atomic mass is 16.6. The molecule has 0 amide bonds. The van der Waals surface area contributed by atoms with Gasteiger partial charge in [-0.1, -0.05) is 13.8 Å². The molecule has 4 aliphatic rings. The molecule has 0 spiro atoms. The molecular formula is C23H22O7. The van der Waals surface area contributed by atoms with Crippen LogP contribution in [-0.2, 0) is 5.60 Å². The summed E-state index contributed by atoms with van der Waals surface area (Å²) in [6, 6.07) is 6.69. The van der Waals surface area contributed by atoms with Gasteiger partial charge in [0, 0.05) is 28.5 Å². The maximum atomic E-state index is 13.7. The van der Waals surface area contributed by atoms with Crippen molar-refractivity contribution in [3.63, 3.8) is 0 Å². The Morgan fingerprint density at radius 2 is 1.80 bits per heavy atom. The molecule has 0 radical (unpaired) electrons. The minimum Gasteiger partial charge on any atom is -0.493 e. The summed E-state index contributed by atoms with van der Waals surface area (Å²) in [5.41, 5.74) is -0.278. The molecule has 1 saturated carbocycles. The van der Waals surface area contributed by atoms with Crippen LogP contribution in [0.4, 0.5) is 0 Å². The lowest BCUT2D eigenvalue weighted by Gasteiger charge is -2.43. The molecule has 0 saturated heterocycles. The number of hydrogen-bond donors (Lipinski definition) is 1. The number of carbonyl (C=O) groups excluding carboxylic acids is 1. The van der Waals surface area contributed by atoms with Gasteiger partial charge in [-0.2, -0.15) is 0 Å². The smallest absolute Gasteiger partial charge is 0.206 e. The summed E-state index contributed by atoms with van der Waals surface area (Å²) in [5.74, 6) is 2.28. The molecule has 3 heterocycles. The van der Waals surface area contributed by atoms with Crippen molar-refractivity contribution < 1.29 is 33.6 Å². The van der Waals surface area contributed by atoms with Crippen LogP contribution in [-0.4, -0.2) is 43.9 Å². The summed E-state index contributed by atoms with van der Waals surface area (Å²) >= 11 is 0. The van der Waals surface area contributed by atoms with Crippen molar-refractivity contribution in [1.29, 1.82) is 0 Å². The summed E-state index contributed by atoms with van der Waals surface area (Å²) in [6.07, 6.45) is -0.783. The molecule has 6 rings (SSSR count). The van der Waals surface area contributed by atoms with Crippen LogP contribution in [0.25, 0.3) is 0 Å². The summed E-state index contributed by atoms with van der Waals surface area (Å²) in [5, 5.41) is 11.7. The first-order chi connectivity index (χ1) is 14.3. The van der Waals surface area contributed by atoms with Crippen molar-refractivity contribution in [1.82, 2.24) is 0 Å². The molecular weight excluding hydrogens is 388 g/mol. The molecule has 2 unspecified atom stereocenters. The van der Waals surface area contributed by atoms with Gasteiger partial charge in [0.1, 0.15) is 30.0 Å². The average Bonchev–Trinajstić information content (AvgIpc) is 3.08. The van der Waals surface area contributed by atoms with E-state index in [1.807, 2.05) is 0 Å². The van der Waals surface area contributed by atoms with Gasteiger partial charge in [0.05, 0.1) is 19.8 Å². The first-order valence-electron chi connectivity index (χ1n) is 9.99. The first-order valence-corrected chi connectivity index (χ1v) is 9.99. The molecule has 0 bridgehead atoms. The topological polar surface area (TPSA) is 83.5 Å². The van der Waals surface area contributed by atoms with Gasteiger partial charge in [-0.05, 0) is 18.2 Å². The van der Waals surface area contributed by atoms with Crippen LogP contribution < -0.4 is 23.7 Å². The molecule has 0 aromatic heterocycles. The van der Waals surface area contributed by atoms with E-state index in [1.54, 1.807) is 24.3 Å². The van der Waals surface area contributed by atoms with Crippen molar-refractivity contribution in [2.24, 2.45) is 5.41 Å². The highest BCUT2D eigenvalue weighted by Crippen LogP contribution is 2.69. The van der Waals surface area contributed by atoms with Crippen molar-refractivity contribution in [2.45, 2.75) is 37.6 Å². The average molecular weight is 410 g/mol. The molecule has 2 aromatic rings. The van der Waals surface area contributed by atoms with E-state index in [-0.39, 0.29) is 24.0 Å². The molecule has 1 aliphatic carbocycles. The number of Topliss-reactive ketones (excluding diaryl/α,β-unsaturated/α-hetero) is 1. The predicted octanol–water partition coefficient (Wildman–Crippen LogP) is 2.81. The Hall–Kier alpha value is -2.93. The molecule has 4 atom stereocenters. The van der Waals surface area contributed by atoms with E-state index in [9.17, 15) is 9.90 Å². The Morgan fingerprint density at radius 1 is 1.07 bits per heavy atom. The predicted molar refractivity (Wildman–Crippen MR) is 105 cm³/mol. The number of ether oxygens (including phenoxy) is 5. The molecule has 7 nitrogen and oxygen atoms in total. The fourth-order valence-electron chi connectivity index (χ4n) is 5.23. The van der Waals surface area contributed by atoms with Crippen LogP contribution in [0.1, 0.15) is 41.3 Å². The lowest BCUT2D eigenvalue weighted by molar-refractivity contribution is -0.0803. The summed E-state index contributed by atoms with van der Waals surface area (Å²) in [4.78, 5) is 13.7. The van der Waals surface area contributed by atoms with Crippen LogP contribution in [0, 0.1) is 5.41 Å². The second kappa shape index (κ2) is 5.40. The molecule has 2 aromatic carbocycles. The van der Waals surface area contributed by atoms with E-state index in [2.05, 4.69) is 13.8 Å². The Labute approximate surface area is 173 Å². The number of aliphatic hydroxyl groups is 1. The monoisotopic (exact) mass is 410 g/mol. The molecule has 1 N–H and O–H groups in total. The number of carbonyl (C=O) groups is 1. The van der Waals surface area contributed by atoms with Crippen molar-refractivity contribution >= 4 is 5.78 Å².